The molecular weight excluding hydrogens is 394 g/mol. The highest BCUT2D eigenvalue weighted by molar-refractivity contribution is 5.75. The Bertz CT molecular complexity index is 1390. The predicted octanol–water partition coefficient (Wildman–Crippen LogP) is 2.57. The highest BCUT2D eigenvalue weighted by Gasteiger charge is 2.26. The maximum absolute atomic E-state index is 13.5. The molecule has 8 nitrogen and oxygen atoms in total. The van der Waals surface area contributed by atoms with Crippen molar-refractivity contribution in [2.45, 2.75) is 39.9 Å². The Morgan fingerprint density at radius 2 is 1.94 bits per heavy atom. The first-order valence-corrected chi connectivity index (χ1v) is 10.5. The molecule has 0 atom stereocenters. The van der Waals surface area contributed by atoms with Crippen LogP contribution in [0, 0.1) is 13.8 Å². The quantitative estimate of drug-likeness (QED) is 0.508. The molecule has 0 spiro atoms. The van der Waals surface area contributed by atoms with Crippen molar-refractivity contribution in [1.29, 1.82) is 0 Å². The number of benzene rings is 1. The van der Waals surface area contributed by atoms with E-state index in [4.69, 9.17) is 9.40 Å². The monoisotopic (exact) mass is 419 g/mol. The van der Waals surface area contributed by atoms with Crippen LogP contribution in [-0.4, -0.2) is 25.2 Å². The van der Waals surface area contributed by atoms with Gasteiger partial charge in [0.05, 0.1) is 19.4 Å². The van der Waals surface area contributed by atoms with E-state index in [2.05, 4.69) is 4.90 Å². The van der Waals surface area contributed by atoms with E-state index < -0.39 is 0 Å². The Labute approximate surface area is 179 Å². The molecule has 4 heterocycles. The highest BCUT2D eigenvalue weighted by atomic mass is 16.3. The van der Waals surface area contributed by atoms with Crippen LogP contribution in [0.4, 0.5) is 5.95 Å². The van der Waals surface area contributed by atoms with Gasteiger partial charge < -0.3 is 13.9 Å². The number of rotatable bonds is 4. The summed E-state index contributed by atoms with van der Waals surface area (Å²) in [5.74, 6) is 1.54. The van der Waals surface area contributed by atoms with E-state index in [9.17, 15) is 9.59 Å². The molecule has 0 saturated heterocycles. The van der Waals surface area contributed by atoms with Gasteiger partial charge in [-0.15, -0.1) is 0 Å². The second-order valence-electron chi connectivity index (χ2n) is 8.25. The first-order valence-electron chi connectivity index (χ1n) is 10.5. The van der Waals surface area contributed by atoms with Crippen molar-refractivity contribution < 1.29 is 4.42 Å². The standard InChI is InChI=1S/C23H25N5O3/c1-15-7-8-16(2)17(12-15)13-28-21(29)19-20(25(3)23(28)30)24-22-26(9-5-10-27(19)22)14-18-6-4-11-31-18/h4,6-8,11-12H,5,9-10,13-14H2,1-3H3. The highest BCUT2D eigenvalue weighted by Crippen LogP contribution is 2.26. The van der Waals surface area contributed by atoms with Crippen molar-refractivity contribution in [3.63, 3.8) is 0 Å². The van der Waals surface area contributed by atoms with Crippen LogP contribution in [0.3, 0.4) is 0 Å². The zero-order valence-corrected chi connectivity index (χ0v) is 18.0. The molecule has 0 unspecified atom stereocenters. The van der Waals surface area contributed by atoms with Gasteiger partial charge in [-0.25, -0.2) is 4.79 Å². The second-order valence-corrected chi connectivity index (χ2v) is 8.25. The summed E-state index contributed by atoms with van der Waals surface area (Å²) in [5, 5.41) is 0. The molecule has 0 amide bonds. The number of furan rings is 1. The molecule has 0 bridgehead atoms. The van der Waals surface area contributed by atoms with E-state index in [1.54, 1.807) is 13.3 Å². The van der Waals surface area contributed by atoms with Gasteiger partial charge in [-0.2, -0.15) is 4.98 Å². The molecule has 4 aromatic rings. The Kier molecular flexibility index (Phi) is 4.57. The zero-order valence-electron chi connectivity index (χ0n) is 18.0. The SMILES string of the molecule is Cc1ccc(C)c(Cn2c(=O)c3c(nc4n3CCCN4Cc3ccco3)n(C)c2=O)c1. The Hall–Kier alpha value is -3.55. The molecular formula is C23H25N5O3. The molecule has 0 N–H and O–H groups in total. The minimum absolute atomic E-state index is 0.242. The Morgan fingerprint density at radius 1 is 1.10 bits per heavy atom. The summed E-state index contributed by atoms with van der Waals surface area (Å²) in [6.45, 7) is 6.32. The van der Waals surface area contributed by atoms with Crippen molar-refractivity contribution in [2.75, 3.05) is 11.4 Å². The summed E-state index contributed by atoms with van der Waals surface area (Å²) < 4.78 is 10.3. The van der Waals surface area contributed by atoms with Crippen LogP contribution in [0.25, 0.3) is 11.2 Å². The van der Waals surface area contributed by atoms with Crippen molar-refractivity contribution in [2.24, 2.45) is 7.05 Å². The first kappa shape index (κ1) is 19.4. The van der Waals surface area contributed by atoms with Crippen molar-refractivity contribution >= 4 is 17.1 Å². The number of nitrogens with zero attached hydrogens (tertiary/aromatic N) is 5. The number of fused-ring (bicyclic) bond motifs is 3. The molecule has 8 heteroatoms. The lowest BCUT2D eigenvalue weighted by molar-refractivity contribution is 0.481. The molecule has 0 radical (unpaired) electrons. The van der Waals surface area contributed by atoms with Crippen LogP contribution in [0.15, 0.2) is 50.6 Å². The largest absolute Gasteiger partial charge is 0.467 e. The molecule has 0 fully saturated rings. The van der Waals surface area contributed by atoms with Crippen LogP contribution >= 0.6 is 0 Å². The predicted molar refractivity (Wildman–Crippen MR) is 119 cm³/mol. The van der Waals surface area contributed by atoms with Crippen LogP contribution in [0.2, 0.25) is 0 Å². The summed E-state index contributed by atoms with van der Waals surface area (Å²) in [7, 11) is 1.68. The summed E-state index contributed by atoms with van der Waals surface area (Å²) >= 11 is 0. The third-order valence-electron chi connectivity index (χ3n) is 6.06. The normalized spacial score (nSPS) is 13.7. The number of imidazole rings is 1. The maximum atomic E-state index is 13.5. The molecule has 1 aromatic carbocycles. The second kappa shape index (κ2) is 7.30. The van der Waals surface area contributed by atoms with E-state index in [0.29, 0.717) is 30.2 Å². The minimum Gasteiger partial charge on any atom is -0.467 e. The van der Waals surface area contributed by atoms with E-state index in [0.717, 1.165) is 35.4 Å². The van der Waals surface area contributed by atoms with E-state index >= 15 is 0 Å². The molecule has 31 heavy (non-hydrogen) atoms. The van der Waals surface area contributed by atoms with Gasteiger partial charge in [0.2, 0.25) is 5.95 Å². The fraction of sp³-hybridized carbons (Fsp3) is 0.348. The summed E-state index contributed by atoms with van der Waals surface area (Å²) in [6.07, 6.45) is 2.54. The van der Waals surface area contributed by atoms with Gasteiger partial charge in [-0.1, -0.05) is 23.8 Å². The molecule has 0 aliphatic carbocycles. The van der Waals surface area contributed by atoms with Gasteiger partial charge in [-0.3, -0.25) is 13.9 Å². The van der Waals surface area contributed by atoms with E-state index in [1.165, 1.54) is 9.13 Å². The van der Waals surface area contributed by atoms with E-state index in [-0.39, 0.29) is 17.8 Å². The average Bonchev–Trinajstić information content (AvgIpc) is 3.40. The number of anilines is 1. The molecule has 3 aromatic heterocycles. The number of hydrogen-bond acceptors (Lipinski definition) is 5. The van der Waals surface area contributed by atoms with Gasteiger partial charge in [-0.05, 0) is 43.5 Å². The summed E-state index contributed by atoms with van der Waals surface area (Å²) in [5.41, 5.74) is 3.38. The molecule has 160 valence electrons. The van der Waals surface area contributed by atoms with Gasteiger partial charge in [0.25, 0.3) is 5.56 Å². The Balaban J connectivity index is 1.66. The number of aromatic nitrogens is 4. The summed E-state index contributed by atoms with van der Waals surface area (Å²) in [6, 6.07) is 9.87. The average molecular weight is 419 g/mol. The van der Waals surface area contributed by atoms with Gasteiger partial charge in [0.15, 0.2) is 11.2 Å². The van der Waals surface area contributed by atoms with E-state index in [1.807, 2.05) is 48.7 Å². The number of hydrogen-bond donors (Lipinski definition) is 0. The molecule has 1 aliphatic rings. The first-order chi connectivity index (χ1) is 14.9. The fourth-order valence-electron chi connectivity index (χ4n) is 4.35. The lowest BCUT2D eigenvalue weighted by Gasteiger charge is -2.28. The fourth-order valence-corrected chi connectivity index (χ4v) is 4.35. The number of aryl methyl sites for hydroxylation is 4. The third kappa shape index (κ3) is 3.19. The van der Waals surface area contributed by atoms with Crippen LogP contribution < -0.4 is 16.1 Å². The Morgan fingerprint density at radius 3 is 2.71 bits per heavy atom. The van der Waals surface area contributed by atoms with Crippen LogP contribution in [-0.2, 0) is 26.7 Å². The zero-order chi connectivity index (χ0) is 21.7. The third-order valence-corrected chi connectivity index (χ3v) is 6.06. The van der Waals surface area contributed by atoms with Gasteiger partial charge >= 0.3 is 5.69 Å². The minimum atomic E-state index is -0.355. The topological polar surface area (TPSA) is 78.2 Å². The maximum Gasteiger partial charge on any atom is 0.332 e. The molecule has 5 rings (SSSR count). The van der Waals surface area contributed by atoms with Gasteiger partial charge in [0.1, 0.15) is 5.76 Å². The van der Waals surface area contributed by atoms with Gasteiger partial charge in [0, 0.05) is 20.1 Å². The van der Waals surface area contributed by atoms with Crippen molar-refractivity contribution in [3.05, 3.63) is 79.9 Å². The summed E-state index contributed by atoms with van der Waals surface area (Å²) in [4.78, 5) is 33.4. The lowest BCUT2D eigenvalue weighted by Crippen LogP contribution is -2.40. The molecule has 1 aliphatic heterocycles. The van der Waals surface area contributed by atoms with Crippen LogP contribution in [0.5, 0.6) is 0 Å². The smallest absolute Gasteiger partial charge is 0.332 e. The van der Waals surface area contributed by atoms with Crippen molar-refractivity contribution in [3.8, 4) is 0 Å². The van der Waals surface area contributed by atoms with Crippen molar-refractivity contribution in [1.82, 2.24) is 18.7 Å². The molecule has 0 saturated carbocycles. The van der Waals surface area contributed by atoms with Crippen LogP contribution in [0.1, 0.15) is 28.9 Å². The lowest BCUT2D eigenvalue weighted by atomic mass is 10.1.